The molecule has 0 aliphatic carbocycles. The molecule has 1 amide bonds. The number of hydrogen-bond donors (Lipinski definition) is 2. The number of ether oxygens (including phenoxy) is 1. The van der Waals surface area contributed by atoms with Gasteiger partial charge >= 0.3 is 5.97 Å². The fraction of sp³-hybridized carbons (Fsp3) is 0.250. The summed E-state index contributed by atoms with van der Waals surface area (Å²) in [6, 6.07) is 7.02. The number of aryl methyl sites for hydroxylation is 1. The van der Waals surface area contributed by atoms with Gasteiger partial charge in [0.05, 0.1) is 18.8 Å². The van der Waals surface area contributed by atoms with E-state index >= 15 is 0 Å². The van der Waals surface area contributed by atoms with Gasteiger partial charge in [0, 0.05) is 11.1 Å². The molecule has 0 saturated carbocycles. The number of aromatic amines is 1. The summed E-state index contributed by atoms with van der Waals surface area (Å²) in [6.07, 6.45) is 0. The first kappa shape index (κ1) is 17.7. The highest BCUT2D eigenvalue weighted by Gasteiger charge is 2.18. The highest BCUT2D eigenvalue weighted by Crippen LogP contribution is 2.29. The third-order valence-electron chi connectivity index (χ3n) is 3.43. The molecule has 26 heavy (non-hydrogen) atoms. The summed E-state index contributed by atoms with van der Waals surface area (Å²) in [5.74, 6) is -0.262. The van der Waals surface area contributed by atoms with Crippen molar-refractivity contribution in [3.63, 3.8) is 0 Å². The van der Waals surface area contributed by atoms with E-state index in [2.05, 4.69) is 30.9 Å². The number of amides is 1. The number of carbonyl (C=O) groups is 2. The van der Waals surface area contributed by atoms with E-state index < -0.39 is 0 Å². The summed E-state index contributed by atoms with van der Waals surface area (Å²) in [6.45, 7) is 3.99. The SMILES string of the molecule is CCOC(=O)c1sc(-c2cccc(C(=O)NCc3nn[nH]n3)c2)nc1C. The van der Waals surface area contributed by atoms with Crippen LogP contribution in [0.2, 0.25) is 0 Å². The van der Waals surface area contributed by atoms with Gasteiger partial charge in [-0.15, -0.1) is 21.5 Å². The smallest absolute Gasteiger partial charge is 0.350 e. The second kappa shape index (κ2) is 7.83. The number of thiazole rings is 1. The minimum absolute atomic E-state index is 0.170. The lowest BCUT2D eigenvalue weighted by Crippen LogP contribution is -2.23. The van der Waals surface area contributed by atoms with E-state index in [1.807, 2.05) is 6.07 Å². The van der Waals surface area contributed by atoms with Crippen LogP contribution in [0, 0.1) is 6.92 Å². The number of nitrogens with zero attached hydrogens (tertiary/aromatic N) is 4. The standard InChI is InChI=1S/C16H16N6O3S/c1-3-25-16(24)13-9(2)18-15(26-13)11-6-4-5-10(7-11)14(23)17-8-12-19-21-22-20-12/h4-7H,3,8H2,1-2H3,(H,17,23)(H,19,20,21,22). The molecule has 9 nitrogen and oxygen atoms in total. The minimum Gasteiger partial charge on any atom is -0.462 e. The number of hydrogen-bond acceptors (Lipinski definition) is 8. The zero-order valence-corrected chi connectivity index (χ0v) is 15.0. The summed E-state index contributed by atoms with van der Waals surface area (Å²) >= 11 is 1.24. The summed E-state index contributed by atoms with van der Waals surface area (Å²) in [4.78, 5) is 29.1. The van der Waals surface area contributed by atoms with Gasteiger partial charge in [-0.1, -0.05) is 17.3 Å². The third kappa shape index (κ3) is 3.91. The molecule has 3 rings (SSSR count). The number of nitrogens with one attached hydrogen (secondary N) is 2. The molecule has 0 fully saturated rings. The zero-order valence-electron chi connectivity index (χ0n) is 14.1. The molecule has 134 valence electrons. The number of benzene rings is 1. The lowest BCUT2D eigenvalue weighted by molar-refractivity contribution is 0.0531. The zero-order chi connectivity index (χ0) is 18.5. The minimum atomic E-state index is -0.386. The van der Waals surface area contributed by atoms with E-state index in [1.54, 1.807) is 32.0 Å². The number of tetrazole rings is 1. The van der Waals surface area contributed by atoms with Crippen LogP contribution in [0.15, 0.2) is 24.3 Å². The molecule has 0 atom stereocenters. The number of H-pyrrole nitrogens is 1. The van der Waals surface area contributed by atoms with Gasteiger partial charge in [0.15, 0.2) is 5.82 Å². The van der Waals surface area contributed by atoms with E-state index in [1.165, 1.54) is 11.3 Å². The number of carbonyl (C=O) groups excluding carboxylic acids is 2. The maximum Gasteiger partial charge on any atom is 0.350 e. The lowest BCUT2D eigenvalue weighted by Gasteiger charge is -2.04. The molecule has 10 heteroatoms. The van der Waals surface area contributed by atoms with Gasteiger partial charge in [0.25, 0.3) is 5.91 Å². The van der Waals surface area contributed by atoms with Crippen molar-refractivity contribution in [2.75, 3.05) is 6.61 Å². The third-order valence-corrected chi connectivity index (χ3v) is 4.61. The maximum atomic E-state index is 12.3. The van der Waals surface area contributed by atoms with E-state index in [-0.39, 0.29) is 18.4 Å². The van der Waals surface area contributed by atoms with E-state index in [0.717, 1.165) is 5.56 Å². The Morgan fingerprint density at radius 3 is 2.92 bits per heavy atom. The molecule has 0 aliphatic rings. The summed E-state index contributed by atoms with van der Waals surface area (Å²) < 4.78 is 5.04. The van der Waals surface area contributed by atoms with Gasteiger partial charge in [-0.2, -0.15) is 5.21 Å². The maximum absolute atomic E-state index is 12.3. The van der Waals surface area contributed by atoms with Crippen molar-refractivity contribution in [2.45, 2.75) is 20.4 Å². The van der Waals surface area contributed by atoms with Crippen LogP contribution in [0.5, 0.6) is 0 Å². The Hall–Kier alpha value is -3.14. The highest BCUT2D eigenvalue weighted by molar-refractivity contribution is 7.17. The molecule has 0 unspecified atom stereocenters. The van der Waals surface area contributed by atoms with Crippen LogP contribution in [0.1, 0.15) is 38.5 Å². The second-order valence-electron chi connectivity index (χ2n) is 5.25. The van der Waals surface area contributed by atoms with E-state index in [9.17, 15) is 9.59 Å². The van der Waals surface area contributed by atoms with Crippen molar-refractivity contribution in [2.24, 2.45) is 0 Å². The van der Waals surface area contributed by atoms with Gasteiger partial charge in [-0.05, 0) is 26.0 Å². The molecule has 2 aromatic heterocycles. The summed E-state index contributed by atoms with van der Waals surface area (Å²) in [5.41, 5.74) is 1.83. The van der Waals surface area contributed by atoms with Crippen LogP contribution in [-0.4, -0.2) is 44.1 Å². The van der Waals surface area contributed by atoms with Crippen molar-refractivity contribution in [3.05, 3.63) is 46.2 Å². The predicted octanol–water partition coefficient (Wildman–Crippen LogP) is 1.74. The molecule has 0 bridgehead atoms. The Balaban J connectivity index is 1.77. The van der Waals surface area contributed by atoms with Crippen molar-refractivity contribution >= 4 is 23.2 Å². The van der Waals surface area contributed by atoms with Crippen LogP contribution < -0.4 is 5.32 Å². The first-order valence-electron chi connectivity index (χ1n) is 7.84. The van der Waals surface area contributed by atoms with Crippen LogP contribution >= 0.6 is 11.3 Å². The van der Waals surface area contributed by atoms with Crippen molar-refractivity contribution in [3.8, 4) is 10.6 Å². The first-order valence-corrected chi connectivity index (χ1v) is 8.65. The lowest BCUT2D eigenvalue weighted by atomic mass is 10.1. The van der Waals surface area contributed by atoms with Crippen molar-refractivity contribution in [1.82, 2.24) is 30.9 Å². The Morgan fingerprint density at radius 2 is 2.19 bits per heavy atom. The molecular formula is C16H16N6O3S. The topological polar surface area (TPSA) is 123 Å². The molecule has 0 saturated heterocycles. The van der Waals surface area contributed by atoms with Crippen LogP contribution in [0.4, 0.5) is 0 Å². The highest BCUT2D eigenvalue weighted by atomic mass is 32.1. The van der Waals surface area contributed by atoms with E-state index in [4.69, 9.17) is 4.74 Å². The number of aromatic nitrogens is 5. The normalized spacial score (nSPS) is 10.5. The van der Waals surface area contributed by atoms with Gasteiger partial charge in [-0.25, -0.2) is 9.78 Å². The van der Waals surface area contributed by atoms with E-state index in [0.29, 0.717) is 33.6 Å². The van der Waals surface area contributed by atoms with Gasteiger partial charge in [0.2, 0.25) is 0 Å². The molecule has 0 radical (unpaired) electrons. The Kier molecular flexibility index (Phi) is 5.32. The Bertz CT molecular complexity index is 922. The number of rotatable bonds is 6. The Labute approximate surface area is 152 Å². The number of esters is 1. The van der Waals surface area contributed by atoms with Crippen molar-refractivity contribution < 1.29 is 14.3 Å². The summed E-state index contributed by atoms with van der Waals surface area (Å²) in [7, 11) is 0. The van der Waals surface area contributed by atoms with Gasteiger partial charge < -0.3 is 10.1 Å². The molecular weight excluding hydrogens is 356 g/mol. The molecule has 1 aromatic carbocycles. The van der Waals surface area contributed by atoms with Crippen molar-refractivity contribution in [1.29, 1.82) is 0 Å². The predicted molar refractivity (Wildman–Crippen MR) is 93.6 cm³/mol. The van der Waals surface area contributed by atoms with Crippen LogP contribution in [0.25, 0.3) is 10.6 Å². The summed E-state index contributed by atoms with van der Waals surface area (Å²) in [5, 5.41) is 16.7. The molecule has 2 N–H and O–H groups in total. The van der Waals surface area contributed by atoms with Gasteiger partial charge in [0.1, 0.15) is 9.88 Å². The molecule has 0 spiro atoms. The monoisotopic (exact) mass is 372 g/mol. The molecule has 3 aromatic rings. The fourth-order valence-electron chi connectivity index (χ4n) is 2.22. The molecule has 2 heterocycles. The second-order valence-corrected chi connectivity index (χ2v) is 6.24. The fourth-order valence-corrected chi connectivity index (χ4v) is 3.17. The first-order chi connectivity index (χ1) is 12.6. The van der Waals surface area contributed by atoms with Crippen LogP contribution in [-0.2, 0) is 11.3 Å². The average molecular weight is 372 g/mol. The van der Waals surface area contributed by atoms with Crippen LogP contribution in [0.3, 0.4) is 0 Å². The molecule has 0 aliphatic heterocycles. The largest absolute Gasteiger partial charge is 0.462 e. The van der Waals surface area contributed by atoms with Gasteiger partial charge in [-0.3, -0.25) is 4.79 Å². The quantitative estimate of drug-likeness (QED) is 0.632. The Morgan fingerprint density at radius 1 is 1.35 bits per heavy atom. The average Bonchev–Trinajstić information content (AvgIpc) is 3.29.